The maximum atomic E-state index is 11.4. The average molecular weight is 239 g/mol. The van der Waals surface area contributed by atoms with Crippen LogP contribution >= 0.6 is 0 Å². The van der Waals surface area contributed by atoms with Crippen molar-refractivity contribution in [2.75, 3.05) is 5.32 Å². The van der Waals surface area contributed by atoms with E-state index in [1.807, 2.05) is 0 Å². The Morgan fingerprint density at radius 3 is 2.59 bits per heavy atom. The van der Waals surface area contributed by atoms with Gasteiger partial charge in [0, 0.05) is 6.04 Å². The van der Waals surface area contributed by atoms with Gasteiger partial charge < -0.3 is 10.4 Å². The van der Waals surface area contributed by atoms with Gasteiger partial charge in [-0.1, -0.05) is 0 Å². The molecule has 1 aromatic heterocycles. The quantitative estimate of drug-likeness (QED) is 0.686. The summed E-state index contributed by atoms with van der Waals surface area (Å²) in [6.07, 6.45) is 2.75. The minimum atomic E-state index is -0.976. The topological polar surface area (TPSA) is 117 Å². The molecule has 2 amide bonds. The van der Waals surface area contributed by atoms with E-state index >= 15 is 0 Å². The zero-order valence-electron chi connectivity index (χ0n) is 9.41. The van der Waals surface area contributed by atoms with Crippen molar-refractivity contribution < 1.29 is 14.7 Å². The summed E-state index contributed by atoms with van der Waals surface area (Å²) >= 11 is 0. The molecular formula is C9H13N5O3. The molecule has 0 saturated carbocycles. The number of aliphatic carboxylic acids is 1. The molecule has 0 aliphatic rings. The van der Waals surface area contributed by atoms with E-state index in [0.717, 1.165) is 0 Å². The zero-order valence-corrected chi connectivity index (χ0v) is 9.41. The molecule has 0 saturated heterocycles. The van der Waals surface area contributed by atoms with Gasteiger partial charge in [0.1, 0.15) is 0 Å². The monoisotopic (exact) mass is 239 g/mol. The first kappa shape index (κ1) is 12.8. The van der Waals surface area contributed by atoms with E-state index in [2.05, 4.69) is 25.8 Å². The van der Waals surface area contributed by atoms with Crippen LogP contribution in [0.25, 0.3) is 0 Å². The molecule has 2 atom stereocenters. The number of carboxylic acids is 1. The second kappa shape index (κ2) is 5.73. The number of urea groups is 1. The number of carbonyl (C=O) groups excluding carboxylic acids is 1. The Kier molecular flexibility index (Phi) is 4.32. The number of hydrogen-bond acceptors (Lipinski definition) is 5. The van der Waals surface area contributed by atoms with Crippen LogP contribution in [0.2, 0.25) is 0 Å². The minimum Gasteiger partial charge on any atom is -0.481 e. The number of carboxylic acid groups (broad SMARTS) is 1. The zero-order chi connectivity index (χ0) is 12.8. The van der Waals surface area contributed by atoms with Crippen LogP contribution in [0.4, 0.5) is 10.7 Å². The van der Waals surface area contributed by atoms with E-state index in [4.69, 9.17) is 5.11 Å². The highest BCUT2D eigenvalue weighted by Crippen LogP contribution is 2.02. The van der Waals surface area contributed by atoms with Crippen LogP contribution < -0.4 is 10.6 Å². The predicted molar refractivity (Wildman–Crippen MR) is 58.2 cm³/mol. The van der Waals surface area contributed by atoms with Crippen molar-refractivity contribution >= 4 is 17.9 Å². The second-order valence-electron chi connectivity index (χ2n) is 3.48. The minimum absolute atomic E-state index is 0.0557. The Morgan fingerprint density at radius 1 is 1.35 bits per heavy atom. The third kappa shape index (κ3) is 4.01. The van der Waals surface area contributed by atoms with E-state index < -0.39 is 24.0 Å². The van der Waals surface area contributed by atoms with Crippen LogP contribution in [0.5, 0.6) is 0 Å². The molecule has 0 aliphatic carbocycles. The molecule has 0 fully saturated rings. The SMILES string of the molecule is CC(NC(=O)Nc1nccnn1)C(C)C(=O)O. The summed E-state index contributed by atoms with van der Waals surface area (Å²) in [6, 6.07) is -1.08. The summed E-state index contributed by atoms with van der Waals surface area (Å²) in [4.78, 5) is 25.8. The van der Waals surface area contributed by atoms with Gasteiger partial charge >= 0.3 is 12.0 Å². The van der Waals surface area contributed by atoms with Gasteiger partial charge in [0.05, 0.1) is 18.3 Å². The molecule has 0 spiro atoms. The molecular weight excluding hydrogens is 226 g/mol. The number of carbonyl (C=O) groups is 2. The molecule has 1 heterocycles. The van der Waals surface area contributed by atoms with E-state index in [0.29, 0.717) is 0 Å². The fourth-order valence-corrected chi connectivity index (χ4v) is 0.988. The van der Waals surface area contributed by atoms with E-state index in [1.54, 1.807) is 6.92 Å². The molecule has 0 bridgehead atoms. The summed E-state index contributed by atoms with van der Waals surface area (Å²) < 4.78 is 0. The predicted octanol–water partition coefficient (Wildman–Crippen LogP) is 0.102. The van der Waals surface area contributed by atoms with Crippen LogP contribution in [0.1, 0.15) is 13.8 Å². The van der Waals surface area contributed by atoms with Gasteiger partial charge in [0.25, 0.3) is 5.95 Å². The van der Waals surface area contributed by atoms with Crippen LogP contribution in [0.15, 0.2) is 12.4 Å². The maximum absolute atomic E-state index is 11.4. The molecule has 3 N–H and O–H groups in total. The Morgan fingerprint density at radius 2 is 2.06 bits per heavy atom. The third-order valence-corrected chi connectivity index (χ3v) is 2.21. The van der Waals surface area contributed by atoms with Gasteiger partial charge in [-0.05, 0) is 13.8 Å². The lowest BCUT2D eigenvalue weighted by molar-refractivity contribution is -0.141. The van der Waals surface area contributed by atoms with Gasteiger partial charge in [-0.15, -0.1) is 5.10 Å². The first-order chi connectivity index (χ1) is 8.00. The second-order valence-corrected chi connectivity index (χ2v) is 3.48. The van der Waals surface area contributed by atoms with E-state index in [9.17, 15) is 9.59 Å². The number of rotatable bonds is 4. The highest BCUT2D eigenvalue weighted by molar-refractivity contribution is 5.87. The Bertz CT molecular complexity index is 397. The highest BCUT2D eigenvalue weighted by Gasteiger charge is 2.21. The number of nitrogens with one attached hydrogen (secondary N) is 2. The lowest BCUT2D eigenvalue weighted by Gasteiger charge is -2.17. The van der Waals surface area contributed by atoms with E-state index in [-0.39, 0.29) is 5.95 Å². The smallest absolute Gasteiger partial charge is 0.321 e. The lowest BCUT2D eigenvalue weighted by Crippen LogP contribution is -2.42. The average Bonchev–Trinajstić information content (AvgIpc) is 2.28. The molecule has 8 nitrogen and oxygen atoms in total. The summed E-state index contributed by atoms with van der Waals surface area (Å²) in [6.45, 7) is 3.11. The molecule has 8 heteroatoms. The summed E-state index contributed by atoms with van der Waals surface area (Å²) in [5.74, 6) is -1.61. The van der Waals surface area contributed by atoms with Gasteiger partial charge in [0.2, 0.25) is 0 Å². The first-order valence-corrected chi connectivity index (χ1v) is 4.94. The van der Waals surface area contributed by atoms with Crippen molar-refractivity contribution in [3.63, 3.8) is 0 Å². The number of aromatic nitrogens is 3. The van der Waals surface area contributed by atoms with Crippen molar-refractivity contribution in [2.45, 2.75) is 19.9 Å². The third-order valence-electron chi connectivity index (χ3n) is 2.21. The largest absolute Gasteiger partial charge is 0.481 e. The number of nitrogens with zero attached hydrogens (tertiary/aromatic N) is 3. The standard InChI is InChI=1S/C9H13N5O3/c1-5(7(15)16)6(2)12-9(17)13-8-10-3-4-11-14-8/h3-6H,1-2H3,(H,15,16)(H2,10,12,13,14,17). The van der Waals surface area contributed by atoms with E-state index in [1.165, 1.54) is 19.3 Å². The van der Waals surface area contributed by atoms with Crippen LogP contribution in [-0.4, -0.2) is 38.3 Å². The van der Waals surface area contributed by atoms with Gasteiger partial charge in [0.15, 0.2) is 0 Å². The van der Waals surface area contributed by atoms with Crippen molar-refractivity contribution in [1.29, 1.82) is 0 Å². The fraction of sp³-hybridized carbons (Fsp3) is 0.444. The number of anilines is 1. The summed E-state index contributed by atoms with van der Waals surface area (Å²) in [5.41, 5.74) is 0. The lowest BCUT2D eigenvalue weighted by atomic mass is 10.0. The molecule has 0 aliphatic heterocycles. The molecule has 2 unspecified atom stereocenters. The van der Waals surface area contributed by atoms with Crippen LogP contribution in [-0.2, 0) is 4.79 Å². The molecule has 1 rings (SSSR count). The van der Waals surface area contributed by atoms with Crippen molar-refractivity contribution in [1.82, 2.24) is 20.5 Å². The van der Waals surface area contributed by atoms with Crippen molar-refractivity contribution in [2.24, 2.45) is 5.92 Å². The fourth-order valence-electron chi connectivity index (χ4n) is 0.988. The molecule has 92 valence electrons. The van der Waals surface area contributed by atoms with Crippen molar-refractivity contribution in [3.8, 4) is 0 Å². The molecule has 17 heavy (non-hydrogen) atoms. The van der Waals surface area contributed by atoms with Gasteiger partial charge in [-0.2, -0.15) is 5.10 Å². The molecule has 1 aromatic rings. The number of hydrogen-bond donors (Lipinski definition) is 3. The first-order valence-electron chi connectivity index (χ1n) is 4.94. The van der Waals surface area contributed by atoms with Crippen molar-refractivity contribution in [3.05, 3.63) is 12.4 Å². The summed E-state index contributed by atoms with van der Waals surface area (Å²) in [7, 11) is 0. The summed E-state index contributed by atoms with van der Waals surface area (Å²) in [5, 5.41) is 20.6. The Balaban J connectivity index is 2.48. The Labute approximate surface area is 97.5 Å². The molecule has 0 aromatic carbocycles. The molecule has 0 radical (unpaired) electrons. The van der Waals surface area contributed by atoms with Gasteiger partial charge in [-0.3, -0.25) is 10.1 Å². The number of amides is 2. The van der Waals surface area contributed by atoms with Gasteiger partial charge in [-0.25, -0.2) is 9.78 Å². The van der Waals surface area contributed by atoms with Crippen LogP contribution in [0.3, 0.4) is 0 Å². The highest BCUT2D eigenvalue weighted by atomic mass is 16.4. The Hall–Kier alpha value is -2.25. The maximum Gasteiger partial charge on any atom is 0.321 e. The van der Waals surface area contributed by atoms with Crippen LogP contribution in [0, 0.1) is 5.92 Å². The normalized spacial score (nSPS) is 13.5.